The molecule has 1 saturated carbocycles. The van der Waals surface area contributed by atoms with E-state index in [4.69, 9.17) is 0 Å². The van der Waals surface area contributed by atoms with Gasteiger partial charge in [-0.25, -0.2) is 0 Å². The second-order valence-corrected chi connectivity index (χ2v) is 3.83. The van der Waals surface area contributed by atoms with Gasteiger partial charge in [-0.2, -0.15) is 0 Å². The summed E-state index contributed by atoms with van der Waals surface area (Å²) in [5, 5.41) is 0. The molecule has 0 heterocycles. The Morgan fingerprint density at radius 3 is 2.30 bits per heavy atom. The third kappa shape index (κ3) is 2.00. The molecule has 0 N–H and O–H groups in total. The van der Waals surface area contributed by atoms with Gasteiger partial charge >= 0.3 is 0 Å². The second kappa shape index (κ2) is 3.41. The van der Waals surface area contributed by atoms with Gasteiger partial charge in [0.05, 0.1) is 0 Å². The Kier molecular flexibility index (Phi) is 2.76. The maximum Gasteiger partial charge on any atom is -0.0295 e. The second-order valence-electron chi connectivity index (χ2n) is 3.83. The summed E-state index contributed by atoms with van der Waals surface area (Å²) in [4.78, 5) is 0. The first kappa shape index (κ1) is 8.10. The van der Waals surface area contributed by atoms with E-state index in [-0.39, 0.29) is 0 Å². The molecular weight excluding hydrogens is 120 g/mol. The van der Waals surface area contributed by atoms with Crippen molar-refractivity contribution in [2.45, 2.75) is 52.4 Å². The van der Waals surface area contributed by atoms with Crippen molar-refractivity contribution in [2.75, 3.05) is 0 Å². The molecule has 0 nitrogen and oxygen atoms in total. The van der Waals surface area contributed by atoms with Crippen molar-refractivity contribution in [3.05, 3.63) is 6.42 Å². The zero-order valence-electron chi connectivity index (χ0n) is 7.32. The summed E-state index contributed by atoms with van der Waals surface area (Å²) in [6, 6.07) is 0. The molecule has 10 heavy (non-hydrogen) atoms. The Labute approximate surface area is 65.0 Å². The maximum absolute atomic E-state index is 2.51. The van der Waals surface area contributed by atoms with E-state index in [9.17, 15) is 0 Å². The molecule has 1 rings (SSSR count). The van der Waals surface area contributed by atoms with Crippen LogP contribution in [0.5, 0.6) is 0 Å². The quantitative estimate of drug-likeness (QED) is 0.548. The van der Waals surface area contributed by atoms with Gasteiger partial charge < -0.3 is 0 Å². The highest BCUT2D eigenvalue weighted by molar-refractivity contribution is 4.89. The predicted molar refractivity (Wildman–Crippen MR) is 45.8 cm³/mol. The molecule has 0 aromatic rings. The highest BCUT2D eigenvalue weighted by Gasteiger charge is 2.25. The average molecular weight is 139 g/mol. The minimum absolute atomic E-state index is 0.604. The van der Waals surface area contributed by atoms with E-state index in [2.05, 4.69) is 20.3 Å². The average Bonchev–Trinajstić information content (AvgIpc) is 1.89. The van der Waals surface area contributed by atoms with E-state index >= 15 is 0 Å². The van der Waals surface area contributed by atoms with Gasteiger partial charge in [0.1, 0.15) is 0 Å². The van der Waals surface area contributed by atoms with E-state index in [1.54, 1.807) is 0 Å². The summed E-state index contributed by atoms with van der Waals surface area (Å²) in [5.74, 6) is 0. The van der Waals surface area contributed by atoms with Gasteiger partial charge in [-0.1, -0.05) is 39.5 Å². The maximum atomic E-state index is 2.51. The molecule has 0 spiro atoms. The molecule has 59 valence electrons. The lowest BCUT2D eigenvalue weighted by Gasteiger charge is -2.32. The Balaban J connectivity index is 2.32. The van der Waals surface area contributed by atoms with Crippen LogP contribution in [0.4, 0.5) is 0 Å². The van der Waals surface area contributed by atoms with Crippen molar-refractivity contribution in [1.29, 1.82) is 0 Å². The van der Waals surface area contributed by atoms with Crippen molar-refractivity contribution in [2.24, 2.45) is 5.41 Å². The zero-order valence-corrected chi connectivity index (χ0v) is 7.32. The molecule has 0 atom stereocenters. The topological polar surface area (TPSA) is 0 Å². The number of rotatable bonds is 2. The first-order valence-electron chi connectivity index (χ1n) is 4.61. The van der Waals surface area contributed by atoms with Crippen molar-refractivity contribution in [3.8, 4) is 0 Å². The van der Waals surface area contributed by atoms with Crippen LogP contribution in [0.1, 0.15) is 52.4 Å². The number of hydrogen-bond acceptors (Lipinski definition) is 0. The van der Waals surface area contributed by atoms with Gasteiger partial charge in [-0.3, -0.25) is 0 Å². The fourth-order valence-corrected chi connectivity index (χ4v) is 2.06. The zero-order chi connectivity index (χ0) is 7.45. The minimum atomic E-state index is 0.604. The molecule has 1 aliphatic carbocycles. The van der Waals surface area contributed by atoms with Crippen LogP contribution in [0.25, 0.3) is 0 Å². The lowest BCUT2D eigenvalue weighted by atomic mass is 9.73. The molecule has 1 aliphatic rings. The van der Waals surface area contributed by atoms with Crippen LogP contribution < -0.4 is 0 Å². The van der Waals surface area contributed by atoms with Crippen LogP contribution in [0, 0.1) is 11.8 Å². The largest absolute Gasteiger partial charge is 0.0651 e. The summed E-state index contributed by atoms with van der Waals surface area (Å²) in [6.45, 7) is 4.66. The van der Waals surface area contributed by atoms with Crippen molar-refractivity contribution >= 4 is 0 Å². The molecular formula is C10H19. The molecule has 0 bridgehead atoms. The third-order valence-corrected chi connectivity index (χ3v) is 2.69. The molecule has 0 unspecified atom stereocenters. The summed E-state index contributed by atoms with van der Waals surface area (Å²) < 4.78 is 0. The van der Waals surface area contributed by atoms with Gasteiger partial charge in [-0.15, -0.1) is 0 Å². The van der Waals surface area contributed by atoms with Crippen LogP contribution in [0.2, 0.25) is 0 Å². The van der Waals surface area contributed by atoms with E-state index in [0.717, 1.165) is 0 Å². The van der Waals surface area contributed by atoms with Crippen LogP contribution in [-0.2, 0) is 0 Å². The molecule has 0 heteroatoms. The molecule has 0 aromatic carbocycles. The SMILES string of the molecule is CC[CH]C1(C)CCCCC1. The summed E-state index contributed by atoms with van der Waals surface area (Å²) >= 11 is 0. The van der Waals surface area contributed by atoms with E-state index in [1.807, 2.05) is 0 Å². The first-order chi connectivity index (χ1) is 4.77. The van der Waals surface area contributed by atoms with Crippen LogP contribution in [0.3, 0.4) is 0 Å². The van der Waals surface area contributed by atoms with Crippen LogP contribution in [0.15, 0.2) is 0 Å². The molecule has 0 amide bonds. The van der Waals surface area contributed by atoms with Crippen LogP contribution >= 0.6 is 0 Å². The molecule has 1 radical (unpaired) electrons. The Bertz CT molecular complexity index is 82.7. The van der Waals surface area contributed by atoms with Crippen molar-refractivity contribution < 1.29 is 0 Å². The smallest absolute Gasteiger partial charge is 0.0295 e. The number of hydrogen-bond donors (Lipinski definition) is 0. The highest BCUT2D eigenvalue weighted by atomic mass is 14.3. The first-order valence-corrected chi connectivity index (χ1v) is 4.61. The third-order valence-electron chi connectivity index (χ3n) is 2.69. The fraction of sp³-hybridized carbons (Fsp3) is 0.900. The van der Waals surface area contributed by atoms with Crippen molar-refractivity contribution in [3.63, 3.8) is 0 Å². The van der Waals surface area contributed by atoms with Gasteiger partial charge in [0, 0.05) is 0 Å². The Morgan fingerprint density at radius 2 is 1.80 bits per heavy atom. The normalized spacial score (nSPS) is 24.6. The van der Waals surface area contributed by atoms with E-state index < -0.39 is 0 Å². The molecule has 1 fully saturated rings. The molecule has 0 aliphatic heterocycles. The Hall–Kier alpha value is 0. The predicted octanol–water partition coefficient (Wildman–Crippen LogP) is 3.57. The van der Waals surface area contributed by atoms with Gasteiger partial charge in [0.25, 0.3) is 0 Å². The van der Waals surface area contributed by atoms with E-state index in [1.165, 1.54) is 38.5 Å². The standard InChI is InChI=1S/C10H19/c1-3-7-10(2)8-5-4-6-9-10/h7H,3-6,8-9H2,1-2H3. The molecule has 0 saturated heterocycles. The monoisotopic (exact) mass is 139 g/mol. The summed E-state index contributed by atoms with van der Waals surface area (Å²) in [5.41, 5.74) is 0.604. The lowest BCUT2D eigenvalue weighted by Crippen LogP contribution is -2.20. The Morgan fingerprint density at radius 1 is 1.20 bits per heavy atom. The highest BCUT2D eigenvalue weighted by Crippen LogP contribution is 2.38. The van der Waals surface area contributed by atoms with Crippen molar-refractivity contribution in [1.82, 2.24) is 0 Å². The lowest BCUT2D eigenvalue weighted by molar-refractivity contribution is 0.256. The fourth-order valence-electron chi connectivity index (χ4n) is 2.06. The summed E-state index contributed by atoms with van der Waals surface area (Å²) in [7, 11) is 0. The van der Waals surface area contributed by atoms with Gasteiger partial charge in [0.2, 0.25) is 0 Å². The minimum Gasteiger partial charge on any atom is -0.0651 e. The molecule has 0 aromatic heterocycles. The van der Waals surface area contributed by atoms with Gasteiger partial charge in [-0.05, 0) is 24.7 Å². The summed E-state index contributed by atoms with van der Waals surface area (Å²) in [6.07, 6.45) is 11.0. The van der Waals surface area contributed by atoms with E-state index in [0.29, 0.717) is 5.41 Å². The van der Waals surface area contributed by atoms with Gasteiger partial charge in [0.15, 0.2) is 0 Å². The van der Waals surface area contributed by atoms with Crippen LogP contribution in [-0.4, -0.2) is 0 Å².